The van der Waals surface area contributed by atoms with Crippen LogP contribution in [0.5, 0.6) is 0 Å². The Morgan fingerprint density at radius 1 is 0.357 bits per heavy atom. The van der Waals surface area contributed by atoms with Gasteiger partial charge in [0, 0.05) is 50.5 Å². The highest BCUT2D eigenvalue weighted by Crippen LogP contribution is 2.60. The third-order valence-corrected chi connectivity index (χ3v) is 13.9. The number of para-hydroxylation sites is 6. The second-order valence-corrected chi connectivity index (χ2v) is 17.7. The second-order valence-electron chi connectivity index (χ2n) is 17.7. The Labute approximate surface area is 416 Å². The van der Waals surface area contributed by atoms with Crippen molar-refractivity contribution in [1.29, 1.82) is 0 Å². The third kappa shape index (κ3) is 6.58. The second kappa shape index (κ2) is 17.2. The summed E-state index contributed by atoms with van der Waals surface area (Å²) in [6, 6.07) is 86.2. The standard InChI is InChI=1S/C67H47N3/c1-7-24-48(25-8-1)56-36-19-21-39-63(56)69(52-32-15-5-16-33-52)55-43-45-61-59(47-55)58-46-54(68(50-28-11-3-12-29-50)51-30-13-4-14-31-51)42-44-60(58)67(61,49-26-9-2-10-27-49)62-38-23-41-65-66(62)57-37-20-22-40-64(57)70(65)53-34-17-6-18-35-53/h1-47H/i2D,9D,10D,26D,27D. The van der Waals surface area contributed by atoms with Crippen molar-refractivity contribution in [3.8, 4) is 27.9 Å². The monoisotopic (exact) mass is 898 g/mol. The van der Waals surface area contributed by atoms with Crippen LogP contribution < -0.4 is 9.80 Å². The summed E-state index contributed by atoms with van der Waals surface area (Å²) in [5, 5.41) is 1.91. The smallest absolute Gasteiger partial charge is 0.0720 e. The first kappa shape index (κ1) is 35.9. The largest absolute Gasteiger partial charge is 0.310 e. The number of fused-ring (bicyclic) bond motifs is 6. The van der Waals surface area contributed by atoms with E-state index in [1.54, 1.807) is 0 Å². The number of rotatable bonds is 10. The van der Waals surface area contributed by atoms with Crippen molar-refractivity contribution < 1.29 is 6.85 Å². The average Bonchev–Trinajstić information content (AvgIpc) is 4.01. The quantitative estimate of drug-likeness (QED) is 0.135. The summed E-state index contributed by atoms with van der Waals surface area (Å²) in [4.78, 5) is 4.54. The minimum absolute atomic E-state index is 0.190. The number of hydrogen-bond acceptors (Lipinski definition) is 2. The lowest BCUT2D eigenvalue weighted by Crippen LogP contribution is -2.29. The SMILES string of the molecule is [2H]c1c([2H])c([2H])c(C2(c3cccc4c3c3ccccc3n4-c3ccccc3)c3ccc(N(c4ccccc4)c4ccccc4)cc3-c3cc(N(c4ccccc4)c4ccccc4-c4ccccc4)ccc32)c([2H])c1[2H]. The molecule has 13 rings (SSSR count). The number of nitrogens with zero attached hydrogens (tertiary/aromatic N) is 3. The molecule has 330 valence electrons. The van der Waals surface area contributed by atoms with Crippen molar-refractivity contribution in [1.82, 2.24) is 4.57 Å². The van der Waals surface area contributed by atoms with Crippen LogP contribution in [-0.2, 0) is 5.41 Å². The molecule has 0 radical (unpaired) electrons. The van der Waals surface area contributed by atoms with Gasteiger partial charge in [0.1, 0.15) is 0 Å². The molecule has 1 unspecified atom stereocenters. The van der Waals surface area contributed by atoms with Crippen LogP contribution >= 0.6 is 0 Å². The van der Waals surface area contributed by atoms with E-state index >= 15 is 0 Å². The minimum atomic E-state index is -1.45. The molecular weight excluding hydrogens is 847 g/mol. The first-order valence-corrected chi connectivity index (χ1v) is 23.7. The van der Waals surface area contributed by atoms with Gasteiger partial charge in [0.15, 0.2) is 0 Å². The van der Waals surface area contributed by atoms with Crippen LogP contribution in [-0.4, -0.2) is 4.57 Å². The number of hydrogen-bond donors (Lipinski definition) is 0. The van der Waals surface area contributed by atoms with Crippen molar-refractivity contribution in [2.24, 2.45) is 0 Å². The van der Waals surface area contributed by atoms with E-state index < -0.39 is 11.5 Å². The van der Waals surface area contributed by atoms with Crippen LogP contribution in [0.2, 0.25) is 0 Å². The lowest BCUT2D eigenvalue weighted by molar-refractivity contribution is 0.777. The first-order chi connectivity index (χ1) is 36.8. The number of anilines is 6. The number of benzene rings is 11. The zero-order valence-corrected chi connectivity index (χ0v) is 38.1. The predicted octanol–water partition coefficient (Wildman–Crippen LogP) is 17.8. The first-order valence-electron chi connectivity index (χ1n) is 26.2. The maximum atomic E-state index is 10.0. The van der Waals surface area contributed by atoms with Crippen LogP contribution in [0.4, 0.5) is 34.1 Å². The highest BCUT2D eigenvalue weighted by molar-refractivity contribution is 6.13. The molecule has 0 spiro atoms. The van der Waals surface area contributed by atoms with Gasteiger partial charge < -0.3 is 14.4 Å². The minimum Gasteiger partial charge on any atom is -0.310 e. The average molecular weight is 899 g/mol. The molecule has 12 aromatic rings. The Hall–Kier alpha value is -9.18. The fourth-order valence-electron chi connectivity index (χ4n) is 11.0. The Bertz CT molecular complexity index is 4060. The molecule has 3 nitrogen and oxygen atoms in total. The van der Waals surface area contributed by atoms with E-state index in [4.69, 9.17) is 1.37 Å². The van der Waals surface area contributed by atoms with E-state index in [9.17, 15) is 5.48 Å². The van der Waals surface area contributed by atoms with Crippen LogP contribution in [0.3, 0.4) is 0 Å². The normalized spacial score (nSPS) is 14.8. The van der Waals surface area contributed by atoms with Crippen LogP contribution in [0.1, 0.15) is 29.1 Å². The van der Waals surface area contributed by atoms with E-state index in [0.717, 1.165) is 101 Å². The van der Waals surface area contributed by atoms with E-state index in [2.05, 4.69) is 196 Å². The van der Waals surface area contributed by atoms with Gasteiger partial charge in [-0.25, -0.2) is 0 Å². The van der Waals surface area contributed by atoms with Crippen LogP contribution in [0.25, 0.3) is 49.7 Å². The van der Waals surface area contributed by atoms with Gasteiger partial charge in [0.2, 0.25) is 0 Å². The Morgan fingerprint density at radius 2 is 0.857 bits per heavy atom. The molecule has 11 aromatic carbocycles. The molecular formula is C67H47N3. The van der Waals surface area contributed by atoms with Gasteiger partial charge in [-0.2, -0.15) is 0 Å². The molecule has 0 bridgehead atoms. The zero-order chi connectivity index (χ0) is 50.8. The predicted molar refractivity (Wildman–Crippen MR) is 293 cm³/mol. The molecule has 0 fully saturated rings. The summed E-state index contributed by atoms with van der Waals surface area (Å²) in [5.74, 6) is 0. The summed E-state index contributed by atoms with van der Waals surface area (Å²) in [6.07, 6.45) is 0. The Kier molecular flexibility index (Phi) is 8.81. The fraction of sp³-hybridized carbons (Fsp3) is 0.0149. The molecule has 0 aliphatic heterocycles. The van der Waals surface area contributed by atoms with Crippen molar-refractivity contribution in [2.45, 2.75) is 5.41 Å². The molecule has 0 amide bonds. The van der Waals surface area contributed by atoms with Gasteiger partial charge >= 0.3 is 0 Å². The summed E-state index contributed by atoms with van der Waals surface area (Å²) < 4.78 is 50.0. The molecule has 1 aliphatic rings. The van der Waals surface area contributed by atoms with Crippen molar-refractivity contribution in [3.63, 3.8) is 0 Å². The zero-order valence-electron chi connectivity index (χ0n) is 43.1. The van der Waals surface area contributed by atoms with Gasteiger partial charge in [0.05, 0.1) is 29.0 Å². The van der Waals surface area contributed by atoms with Crippen molar-refractivity contribution in [3.05, 3.63) is 307 Å². The molecule has 0 saturated heterocycles. The summed E-state index contributed by atoms with van der Waals surface area (Å²) in [7, 11) is 0. The summed E-state index contributed by atoms with van der Waals surface area (Å²) in [5.41, 5.74) is 13.6. The molecule has 70 heavy (non-hydrogen) atoms. The van der Waals surface area contributed by atoms with Gasteiger partial charge in [-0.05, 0) is 130 Å². The molecule has 0 saturated carbocycles. The third-order valence-electron chi connectivity index (χ3n) is 13.9. The maximum Gasteiger partial charge on any atom is 0.0720 e. The topological polar surface area (TPSA) is 11.4 Å². The van der Waals surface area contributed by atoms with Gasteiger partial charge in [-0.15, -0.1) is 0 Å². The molecule has 1 aliphatic carbocycles. The Balaban J connectivity index is 1.19. The molecule has 1 atom stereocenters. The lowest BCUT2D eigenvalue weighted by Gasteiger charge is -2.35. The van der Waals surface area contributed by atoms with Gasteiger partial charge in [0.25, 0.3) is 0 Å². The molecule has 3 heteroatoms. The highest BCUT2D eigenvalue weighted by atomic mass is 15.1. The van der Waals surface area contributed by atoms with Crippen molar-refractivity contribution >= 4 is 55.9 Å². The fourth-order valence-corrected chi connectivity index (χ4v) is 11.0. The molecule has 1 heterocycles. The van der Waals surface area contributed by atoms with E-state index in [-0.39, 0.29) is 29.7 Å². The molecule has 0 N–H and O–H groups in total. The summed E-state index contributed by atoms with van der Waals surface area (Å²) in [6.45, 7) is 0. The highest BCUT2D eigenvalue weighted by Gasteiger charge is 2.48. The van der Waals surface area contributed by atoms with Crippen LogP contribution in [0, 0.1) is 0 Å². The maximum absolute atomic E-state index is 10.0. The van der Waals surface area contributed by atoms with E-state index in [1.807, 2.05) is 72.8 Å². The molecule has 1 aromatic heterocycles. The van der Waals surface area contributed by atoms with E-state index in [1.165, 1.54) is 0 Å². The lowest BCUT2D eigenvalue weighted by atomic mass is 9.66. The summed E-state index contributed by atoms with van der Waals surface area (Å²) >= 11 is 0. The van der Waals surface area contributed by atoms with Crippen molar-refractivity contribution in [2.75, 3.05) is 9.80 Å². The number of aromatic nitrogens is 1. The van der Waals surface area contributed by atoms with Crippen LogP contribution in [0.15, 0.2) is 285 Å². The van der Waals surface area contributed by atoms with E-state index in [0.29, 0.717) is 0 Å². The van der Waals surface area contributed by atoms with Gasteiger partial charge in [-0.1, -0.05) is 194 Å². The Morgan fingerprint density at radius 3 is 1.49 bits per heavy atom. The van der Waals surface area contributed by atoms with Gasteiger partial charge in [-0.3, -0.25) is 0 Å².